The number of nitro groups is 3. The van der Waals surface area contributed by atoms with E-state index < -0.39 is 71.8 Å². The zero-order valence-electron chi connectivity index (χ0n) is 58.0. The van der Waals surface area contributed by atoms with Gasteiger partial charge in [-0.25, -0.2) is 17.6 Å². The minimum atomic E-state index is -0.754. The van der Waals surface area contributed by atoms with Gasteiger partial charge in [0.15, 0.2) is 0 Å². The van der Waals surface area contributed by atoms with Crippen molar-refractivity contribution in [2.45, 2.75) is 33.9 Å². The molecule has 106 heavy (non-hydrogen) atoms. The van der Waals surface area contributed by atoms with Gasteiger partial charge in [0.05, 0.1) is 44.4 Å². The molecule has 3 aliphatic rings. The number of anilines is 3. The molecule has 6 heterocycles. The Morgan fingerprint density at radius 2 is 0.632 bits per heavy atom. The van der Waals surface area contributed by atoms with Crippen LogP contribution in [0, 0.1) is 74.4 Å². The third-order valence-electron chi connectivity index (χ3n) is 19.1. The molecule has 3 amide bonds. The van der Waals surface area contributed by atoms with Gasteiger partial charge < -0.3 is 34.0 Å². The van der Waals surface area contributed by atoms with Gasteiger partial charge >= 0.3 is 33.7 Å². The number of halogens is 4. The van der Waals surface area contributed by atoms with Gasteiger partial charge in [-0.05, 0) is 153 Å². The molecule has 0 spiro atoms. The number of fused-ring (bicyclic) bond motifs is 3. The Labute approximate surface area is 602 Å². The molecular weight excluding hydrogens is 1370 g/mol. The SMILES string of the molecule is Cc1ccc2c(c1)c(N1CCN(C(=O)c3ccc(F)cc3)CC1)c([N+](=O)[O-])c(=O)n2C.Cc1ccc2c(c1)c(N1CCN(C(=O)c3ccc(F)cc3)CC1)c([N+](=O)[O-])c(=O)n2Cc1ccc(F)cc1.Cc1ccc2c(c1)c(N1CCN(C(=O)c3ccc(F)cc3)CC1)c([N+](=O)[O-])c(=O)n2Cc1ccccc1. The highest BCUT2D eigenvalue weighted by Gasteiger charge is 2.36. The molecule has 11 aromatic rings. The van der Waals surface area contributed by atoms with E-state index in [0.29, 0.717) is 113 Å². The van der Waals surface area contributed by atoms with Crippen LogP contribution in [-0.4, -0.2) is 139 Å². The number of carbonyl (C=O) groups excluding carboxylic acids is 3. The summed E-state index contributed by atoms with van der Waals surface area (Å²) in [5, 5.41) is 38.2. The molecule has 14 rings (SSSR count). The minimum Gasteiger partial charge on any atom is -0.362 e. The minimum absolute atomic E-state index is 0.0414. The number of rotatable bonds is 13. The second-order valence-electron chi connectivity index (χ2n) is 26.0. The lowest BCUT2D eigenvalue weighted by Crippen LogP contribution is -2.49. The molecule has 0 unspecified atom stereocenters. The first-order chi connectivity index (χ1) is 50.8. The van der Waals surface area contributed by atoms with E-state index in [4.69, 9.17) is 0 Å². The molecular formula is C78H70F4N12O12. The lowest BCUT2D eigenvalue weighted by molar-refractivity contribution is -0.385. The molecule has 3 aliphatic heterocycles. The Kier molecular flexibility index (Phi) is 21.3. The van der Waals surface area contributed by atoms with E-state index in [9.17, 15) is 76.7 Å². The number of pyridine rings is 3. The molecule has 3 saturated heterocycles. The van der Waals surface area contributed by atoms with Crippen molar-refractivity contribution in [3.8, 4) is 0 Å². The summed E-state index contributed by atoms with van der Waals surface area (Å²) in [6, 6.07) is 47.5. The highest BCUT2D eigenvalue weighted by atomic mass is 19.1. The number of hydrogen-bond acceptors (Lipinski definition) is 15. The van der Waals surface area contributed by atoms with Crippen molar-refractivity contribution in [1.82, 2.24) is 28.4 Å². The summed E-state index contributed by atoms with van der Waals surface area (Å²) in [5.74, 6) is -2.39. The zero-order valence-corrected chi connectivity index (χ0v) is 58.0. The fraction of sp³-hybridized carbons (Fsp3) is 0.231. The maximum Gasteiger partial charge on any atom is 0.357 e. The summed E-state index contributed by atoms with van der Waals surface area (Å²) < 4.78 is 57.2. The molecule has 0 atom stereocenters. The van der Waals surface area contributed by atoms with Gasteiger partial charge in [0.1, 0.15) is 40.3 Å². The average Bonchev–Trinajstić information content (AvgIpc) is 0.759. The quantitative estimate of drug-likeness (QED) is 0.0590. The maximum absolute atomic E-state index is 13.6. The number of piperazine rings is 3. The molecule has 0 aliphatic carbocycles. The van der Waals surface area contributed by atoms with Crippen LogP contribution in [0.1, 0.15) is 58.9 Å². The lowest BCUT2D eigenvalue weighted by Gasteiger charge is -2.36. The second kappa shape index (κ2) is 31.0. The third-order valence-corrected chi connectivity index (χ3v) is 19.1. The summed E-state index contributed by atoms with van der Waals surface area (Å²) >= 11 is 0. The molecule has 3 fully saturated rings. The molecule has 0 saturated carbocycles. The Hall–Kier alpha value is -12.9. The van der Waals surface area contributed by atoms with E-state index in [-0.39, 0.29) is 68.4 Å². The van der Waals surface area contributed by atoms with E-state index in [1.54, 1.807) is 48.8 Å². The van der Waals surface area contributed by atoms with Crippen LogP contribution >= 0.6 is 0 Å². The standard InChI is InChI=1S/C28H24F2N4O4.C28H25FN4O4.C22H21FN4O4/c1-18-2-11-24-23(16-18)25(26(34(37)38)28(36)33(24)17-19-3-7-21(29)8-4-19)31-12-14-32(15-13-31)27(35)20-5-9-22(30)10-6-20;1-19-7-12-24-23(17-19)25(26(33(36)37)28(35)32(24)18-20-5-3-2-4-6-20)30-13-15-31(16-14-30)27(34)21-8-10-22(29)11-9-21;1-14-3-8-18-17(13-14)19(20(27(30)31)22(29)24(18)2)25-9-11-26(12-10-25)21(28)15-4-6-16(23)7-5-15/h2-11,16H,12-15,17H2,1H3;2-12,17H,13-16,18H2,1H3;3-8,13H,9-12H2,1-2H3. The Balaban J connectivity index is 0.000000150. The van der Waals surface area contributed by atoms with Gasteiger partial charge in [-0.3, -0.25) is 68.2 Å². The van der Waals surface area contributed by atoms with Crippen molar-refractivity contribution in [3.63, 3.8) is 0 Å². The largest absolute Gasteiger partial charge is 0.362 e. The molecule has 3 aromatic heterocycles. The molecule has 28 heteroatoms. The summed E-state index contributed by atoms with van der Waals surface area (Å²) in [6.07, 6.45) is 0. The Morgan fingerprint density at radius 3 is 0.943 bits per heavy atom. The van der Waals surface area contributed by atoms with E-state index in [0.717, 1.165) is 22.3 Å². The molecule has 0 radical (unpaired) electrons. The van der Waals surface area contributed by atoms with Crippen LogP contribution < -0.4 is 31.4 Å². The van der Waals surface area contributed by atoms with Crippen LogP contribution in [0.2, 0.25) is 0 Å². The molecule has 24 nitrogen and oxygen atoms in total. The molecule has 0 bridgehead atoms. The van der Waals surface area contributed by atoms with Gasteiger partial charge in [-0.1, -0.05) is 77.4 Å². The molecule has 8 aromatic carbocycles. The predicted octanol–water partition coefficient (Wildman–Crippen LogP) is 11.7. The topological polar surface area (TPSA) is 266 Å². The predicted molar refractivity (Wildman–Crippen MR) is 394 cm³/mol. The van der Waals surface area contributed by atoms with Crippen LogP contribution in [-0.2, 0) is 20.1 Å². The number of nitrogens with zero attached hydrogens (tertiary/aromatic N) is 12. The van der Waals surface area contributed by atoms with Crippen LogP contribution in [0.4, 0.5) is 51.7 Å². The number of aryl methyl sites for hydroxylation is 4. The van der Waals surface area contributed by atoms with Crippen LogP contribution in [0.3, 0.4) is 0 Å². The van der Waals surface area contributed by atoms with Crippen LogP contribution in [0.25, 0.3) is 32.7 Å². The van der Waals surface area contributed by atoms with Crippen molar-refractivity contribution in [3.05, 3.63) is 311 Å². The van der Waals surface area contributed by atoms with Gasteiger partial charge in [0, 0.05) is 118 Å². The van der Waals surface area contributed by atoms with E-state index in [1.807, 2.05) is 98.5 Å². The molecule has 0 N–H and O–H groups in total. The van der Waals surface area contributed by atoms with Gasteiger partial charge in [-0.15, -0.1) is 0 Å². The van der Waals surface area contributed by atoms with Crippen molar-refractivity contribution < 1.29 is 46.7 Å². The lowest BCUT2D eigenvalue weighted by atomic mass is 10.1. The van der Waals surface area contributed by atoms with Gasteiger partial charge in [-0.2, -0.15) is 0 Å². The van der Waals surface area contributed by atoms with Crippen molar-refractivity contribution in [2.75, 3.05) is 93.2 Å². The van der Waals surface area contributed by atoms with Crippen LogP contribution in [0.5, 0.6) is 0 Å². The summed E-state index contributed by atoms with van der Waals surface area (Å²) in [5.41, 5.74) is 4.33. The average molecular weight is 1440 g/mol. The van der Waals surface area contributed by atoms with Crippen molar-refractivity contribution in [2.24, 2.45) is 7.05 Å². The Bertz CT molecular complexity index is 5450. The number of amides is 3. The maximum atomic E-state index is 13.6. The second-order valence-corrected chi connectivity index (χ2v) is 26.0. The summed E-state index contributed by atoms with van der Waals surface area (Å²) in [7, 11) is 1.52. The number of hydrogen-bond donors (Lipinski definition) is 0. The summed E-state index contributed by atoms with van der Waals surface area (Å²) in [6.45, 7) is 9.61. The highest BCUT2D eigenvalue weighted by Crippen LogP contribution is 2.39. The fourth-order valence-corrected chi connectivity index (χ4v) is 13.7. The number of aromatic nitrogens is 3. The Morgan fingerprint density at radius 1 is 0.358 bits per heavy atom. The van der Waals surface area contributed by atoms with Gasteiger partial charge in [0.25, 0.3) is 17.7 Å². The van der Waals surface area contributed by atoms with Crippen molar-refractivity contribution >= 4 is 84.6 Å². The first-order valence-electron chi connectivity index (χ1n) is 33.9. The smallest absolute Gasteiger partial charge is 0.357 e. The third kappa shape index (κ3) is 15.3. The first-order valence-corrected chi connectivity index (χ1v) is 33.9. The monoisotopic (exact) mass is 1440 g/mol. The number of carbonyl (C=O) groups is 3. The van der Waals surface area contributed by atoms with E-state index >= 15 is 0 Å². The highest BCUT2D eigenvalue weighted by molar-refractivity contribution is 6.01. The normalized spacial score (nSPS) is 13.8. The zero-order chi connectivity index (χ0) is 75.4. The first kappa shape index (κ1) is 72.9. The van der Waals surface area contributed by atoms with Crippen LogP contribution in [0.15, 0.2) is 196 Å². The number of benzene rings is 8. The van der Waals surface area contributed by atoms with E-state index in [1.165, 1.54) is 106 Å². The van der Waals surface area contributed by atoms with Gasteiger partial charge in [0.2, 0.25) is 0 Å². The summed E-state index contributed by atoms with van der Waals surface area (Å²) in [4.78, 5) is 123. The van der Waals surface area contributed by atoms with E-state index in [2.05, 4.69) is 0 Å². The van der Waals surface area contributed by atoms with Crippen molar-refractivity contribution in [1.29, 1.82) is 0 Å². The fourth-order valence-electron chi connectivity index (χ4n) is 13.7. The molecule has 542 valence electrons.